The molecule has 2 aromatic carbocycles. The van der Waals surface area contributed by atoms with Crippen molar-refractivity contribution in [2.24, 2.45) is 4.36 Å². The van der Waals surface area contributed by atoms with Gasteiger partial charge >= 0.3 is 32.6 Å². The third-order valence-electron chi connectivity index (χ3n) is 9.00. The quantitative estimate of drug-likeness (QED) is 0.190. The second-order valence-corrected chi connectivity index (χ2v) is 17.4. The SMILES string of the molecule is CC(C)(C)OC(=O)CN=S(=O)(c1cc(B2OC(C)(C)C(C)(C)O2)cc(C(F)(F)F)c1)c1cc(B2OC(C)(C)C(C)(C)O2)cc(C(F)(F)F)c1. The maximum atomic E-state index is 15.2. The van der Waals surface area contributed by atoms with Gasteiger partial charge in [-0.05, 0) is 111 Å². The molecule has 2 aromatic rings. The Morgan fingerprint density at radius 1 is 0.673 bits per heavy atom. The van der Waals surface area contributed by atoms with Gasteiger partial charge in [-0.15, -0.1) is 0 Å². The van der Waals surface area contributed by atoms with Crippen LogP contribution < -0.4 is 10.9 Å². The third-order valence-corrected chi connectivity index (χ3v) is 11.2. The molecule has 4 rings (SSSR count). The van der Waals surface area contributed by atoms with Gasteiger partial charge in [0.25, 0.3) is 0 Å². The third kappa shape index (κ3) is 8.16. The van der Waals surface area contributed by atoms with Gasteiger partial charge in [0.1, 0.15) is 21.9 Å². The topological polar surface area (TPSA) is 92.7 Å². The first kappa shape index (κ1) is 39.2. The summed E-state index contributed by atoms with van der Waals surface area (Å²) in [7, 11) is -7.23. The Kier molecular flexibility index (Phi) is 9.82. The highest BCUT2D eigenvalue weighted by Gasteiger charge is 2.53. The number of alkyl halides is 6. The van der Waals surface area contributed by atoms with Crippen molar-refractivity contribution in [3.05, 3.63) is 47.5 Å². The molecule has 0 spiro atoms. The van der Waals surface area contributed by atoms with Crippen LogP contribution in [0.15, 0.2) is 50.6 Å². The Hall–Kier alpha value is -2.59. The lowest BCUT2D eigenvalue weighted by molar-refractivity contribution is -0.152. The highest BCUT2D eigenvalue weighted by molar-refractivity contribution is 7.93. The van der Waals surface area contributed by atoms with Gasteiger partial charge in [-0.3, -0.25) is 4.79 Å². The summed E-state index contributed by atoms with van der Waals surface area (Å²) in [5.74, 6) is -1.00. The molecule has 2 heterocycles. The molecule has 0 atom stereocenters. The summed E-state index contributed by atoms with van der Waals surface area (Å²) in [6.45, 7) is 17.1. The number of rotatable bonds is 6. The van der Waals surface area contributed by atoms with Crippen LogP contribution in [0.1, 0.15) is 87.3 Å². The summed E-state index contributed by atoms with van der Waals surface area (Å²) in [6, 6.07) is 4.72. The van der Waals surface area contributed by atoms with Crippen molar-refractivity contribution in [1.82, 2.24) is 0 Å². The van der Waals surface area contributed by atoms with Gasteiger partial charge in [-0.1, -0.05) is 12.1 Å². The maximum absolute atomic E-state index is 15.2. The molecule has 0 amide bonds. The molecule has 8 nitrogen and oxygen atoms in total. The van der Waals surface area contributed by atoms with Gasteiger partial charge in [0.2, 0.25) is 0 Å². The Morgan fingerprint density at radius 3 is 1.29 bits per heavy atom. The number of nitrogens with zero attached hydrogens (tertiary/aromatic N) is 1. The van der Waals surface area contributed by atoms with E-state index < -0.39 is 97.8 Å². The number of hydrogen-bond donors (Lipinski definition) is 0. The summed E-state index contributed by atoms with van der Waals surface area (Å²) >= 11 is 0. The van der Waals surface area contributed by atoms with Crippen LogP contribution in [0.4, 0.5) is 26.3 Å². The fourth-order valence-corrected chi connectivity index (χ4v) is 6.95. The lowest BCUT2D eigenvalue weighted by atomic mass is 9.78. The van der Waals surface area contributed by atoms with Crippen molar-refractivity contribution in [1.29, 1.82) is 0 Å². The first-order valence-electron chi connectivity index (χ1n) is 15.5. The number of benzene rings is 2. The van der Waals surface area contributed by atoms with E-state index in [2.05, 4.69) is 4.36 Å². The smallest absolute Gasteiger partial charge is 0.459 e. The van der Waals surface area contributed by atoms with Crippen LogP contribution in [0, 0.1) is 0 Å². The van der Waals surface area contributed by atoms with E-state index in [4.69, 9.17) is 23.4 Å². The van der Waals surface area contributed by atoms with E-state index >= 15 is 4.21 Å². The second kappa shape index (κ2) is 12.3. The molecule has 0 radical (unpaired) electrons. The van der Waals surface area contributed by atoms with Crippen molar-refractivity contribution in [2.75, 3.05) is 6.54 Å². The average Bonchev–Trinajstić information content (AvgIpc) is 3.28. The molecular formula is C32H41B2F6NO7S. The van der Waals surface area contributed by atoms with Crippen LogP contribution in [0.3, 0.4) is 0 Å². The molecule has 49 heavy (non-hydrogen) atoms. The number of halogens is 6. The van der Waals surface area contributed by atoms with Gasteiger partial charge in [0, 0.05) is 0 Å². The predicted molar refractivity (Wildman–Crippen MR) is 172 cm³/mol. The Balaban J connectivity index is 2.03. The van der Waals surface area contributed by atoms with Crippen LogP contribution in [0.25, 0.3) is 0 Å². The zero-order valence-electron chi connectivity index (χ0n) is 29.3. The van der Waals surface area contributed by atoms with Crippen molar-refractivity contribution in [3.8, 4) is 0 Å². The minimum Gasteiger partial charge on any atom is -0.459 e. The number of carbonyl (C=O) groups excluding carboxylic acids is 1. The monoisotopic (exact) mass is 719 g/mol. The van der Waals surface area contributed by atoms with E-state index in [1.54, 1.807) is 76.2 Å². The van der Waals surface area contributed by atoms with Crippen molar-refractivity contribution < 1.29 is 58.7 Å². The normalized spacial score (nSPS) is 20.4. The molecule has 2 fully saturated rings. The van der Waals surface area contributed by atoms with Crippen LogP contribution in [0.5, 0.6) is 0 Å². The van der Waals surface area contributed by atoms with E-state index in [0.29, 0.717) is 12.1 Å². The lowest BCUT2D eigenvalue weighted by Crippen LogP contribution is -2.41. The van der Waals surface area contributed by atoms with E-state index in [1.165, 1.54) is 0 Å². The van der Waals surface area contributed by atoms with Gasteiger partial charge in [-0.25, -0.2) is 8.57 Å². The highest BCUT2D eigenvalue weighted by Crippen LogP contribution is 2.40. The largest absolute Gasteiger partial charge is 0.494 e. The lowest BCUT2D eigenvalue weighted by Gasteiger charge is -2.32. The van der Waals surface area contributed by atoms with Crippen LogP contribution in [-0.4, -0.2) is 59.0 Å². The minimum atomic E-state index is -5.00. The summed E-state index contributed by atoms with van der Waals surface area (Å²) in [4.78, 5) is 11.5. The zero-order valence-corrected chi connectivity index (χ0v) is 30.1. The maximum Gasteiger partial charge on any atom is 0.494 e. The van der Waals surface area contributed by atoms with Gasteiger partial charge in [0.05, 0.1) is 43.3 Å². The summed E-state index contributed by atoms with van der Waals surface area (Å²) in [5, 5.41) is 0. The van der Waals surface area contributed by atoms with Crippen molar-refractivity contribution >= 4 is 40.9 Å². The summed E-state index contributed by atoms with van der Waals surface area (Å²) in [5.41, 5.74) is -7.92. The van der Waals surface area contributed by atoms with Gasteiger partial charge in [0.15, 0.2) is 0 Å². The number of esters is 1. The van der Waals surface area contributed by atoms with Crippen molar-refractivity contribution in [2.45, 2.75) is 126 Å². The second-order valence-electron chi connectivity index (χ2n) is 15.2. The molecule has 270 valence electrons. The molecule has 0 aromatic heterocycles. The Bertz CT molecular complexity index is 1610. The highest BCUT2D eigenvalue weighted by atomic mass is 32.2. The van der Waals surface area contributed by atoms with E-state index in [0.717, 1.165) is 24.3 Å². The first-order chi connectivity index (χ1) is 21.9. The Labute approximate surface area is 284 Å². The fourth-order valence-electron chi connectivity index (χ4n) is 4.92. The molecule has 0 unspecified atom stereocenters. The number of carbonyl (C=O) groups is 1. The Morgan fingerprint density at radius 2 is 1.00 bits per heavy atom. The standard InChI is InChI=1S/C32H41B2F6NO7S/c1-26(2,3)44-25(42)18-41-49(43,23-14-19(31(35,36)37)12-21(16-23)33-45-27(4,5)28(6,7)46-33)24-15-20(32(38,39)40)13-22(17-24)34-47-29(8,9)30(10,11)48-34/h12-17H,18H2,1-11H3. The molecular weight excluding hydrogens is 678 g/mol. The molecule has 0 aliphatic carbocycles. The zero-order chi connectivity index (χ0) is 37.4. The van der Waals surface area contributed by atoms with E-state index in [-0.39, 0.29) is 10.9 Å². The van der Waals surface area contributed by atoms with Crippen LogP contribution in [0.2, 0.25) is 0 Å². The minimum absolute atomic E-state index is 0.207. The molecule has 0 bridgehead atoms. The van der Waals surface area contributed by atoms with Gasteiger partial charge < -0.3 is 23.4 Å². The number of ether oxygens (including phenoxy) is 1. The molecule has 2 aliphatic heterocycles. The molecule has 2 saturated heterocycles. The average molecular weight is 719 g/mol. The van der Waals surface area contributed by atoms with Crippen molar-refractivity contribution in [3.63, 3.8) is 0 Å². The van der Waals surface area contributed by atoms with Crippen LogP contribution >= 0.6 is 0 Å². The molecule has 0 saturated carbocycles. The summed E-state index contributed by atoms with van der Waals surface area (Å²) in [6.07, 6.45) is -10.00. The fraction of sp³-hybridized carbons (Fsp3) is 0.594. The molecule has 0 N–H and O–H groups in total. The predicted octanol–water partition coefficient (Wildman–Crippen LogP) is 6.55. The molecule has 2 aliphatic rings. The van der Waals surface area contributed by atoms with Crippen LogP contribution in [-0.2, 0) is 50.2 Å². The molecule has 17 heteroatoms. The van der Waals surface area contributed by atoms with Gasteiger partial charge in [-0.2, -0.15) is 26.3 Å². The number of hydrogen-bond acceptors (Lipinski definition) is 8. The first-order valence-corrected chi connectivity index (χ1v) is 17.0. The summed E-state index contributed by atoms with van der Waals surface area (Å²) < 4.78 is 135. The van der Waals surface area contributed by atoms with E-state index in [1.807, 2.05) is 0 Å². The van der Waals surface area contributed by atoms with E-state index in [9.17, 15) is 31.1 Å².